The average molecular weight is 284 g/mol. The molecule has 0 aromatic rings. The van der Waals surface area contributed by atoms with Crippen molar-refractivity contribution in [1.82, 2.24) is 0 Å². The summed E-state index contributed by atoms with van der Waals surface area (Å²) in [7, 11) is 0. The Morgan fingerprint density at radius 3 is 2.50 bits per heavy atom. The van der Waals surface area contributed by atoms with E-state index in [1.807, 2.05) is 46.8 Å². The van der Waals surface area contributed by atoms with Crippen LogP contribution < -0.4 is 0 Å². The molecule has 1 aliphatic carbocycles. The predicted octanol–water partition coefficient (Wildman–Crippen LogP) is 2.19. The van der Waals surface area contributed by atoms with E-state index in [9.17, 15) is 4.79 Å². The summed E-state index contributed by atoms with van der Waals surface area (Å²) < 4.78 is 23.1. The summed E-state index contributed by atoms with van der Waals surface area (Å²) in [6.45, 7) is 11.2. The molecule has 114 valence electrons. The van der Waals surface area contributed by atoms with Crippen LogP contribution in [0.2, 0.25) is 0 Å². The van der Waals surface area contributed by atoms with Gasteiger partial charge in [0.2, 0.25) is 0 Å². The molecule has 3 atom stereocenters. The van der Waals surface area contributed by atoms with Crippen molar-refractivity contribution in [2.45, 2.75) is 70.7 Å². The Hall–Kier alpha value is -0.910. The fraction of sp³-hybridized carbons (Fsp3) is 0.800. The fourth-order valence-corrected chi connectivity index (χ4v) is 2.51. The number of carbonyl (C=O) groups excluding carboxylic acids is 1. The average Bonchev–Trinajstić information content (AvgIpc) is 2.70. The lowest BCUT2D eigenvalue weighted by Crippen LogP contribution is -2.50. The van der Waals surface area contributed by atoms with Crippen molar-refractivity contribution < 1.29 is 23.7 Å². The molecule has 0 spiro atoms. The number of esters is 1. The summed E-state index contributed by atoms with van der Waals surface area (Å²) in [5, 5.41) is 0. The van der Waals surface area contributed by atoms with Crippen LogP contribution >= 0.6 is 0 Å². The Kier molecular flexibility index (Phi) is 3.73. The highest BCUT2D eigenvalue weighted by Gasteiger charge is 2.57. The van der Waals surface area contributed by atoms with Gasteiger partial charge in [-0.15, -0.1) is 0 Å². The van der Waals surface area contributed by atoms with E-state index in [0.29, 0.717) is 0 Å². The lowest BCUT2D eigenvalue weighted by Gasteiger charge is -2.35. The minimum absolute atomic E-state index is 0.215. The smallest absolute Gasteiger partial charge is 0.303 e. The quantitative estimate of drug-likeness (QED) is 0.587. The summed E-state index contributed by atoms with van der Waals surface area (Å²) >= 11 is 0. The molecule has 0 bridgehead atoms. The van der Waals surface area contributed by atoms with Gasteiger partial charge in [-0.3, -0.25) is 4.79 Å². The van der Waals surface area contributed by atoms with Crippen molar-refractivity contribution in [3.8, 4) is 0 Å². The molecular formula is C15H24O5. The van der Waals surface area contributed by atoms with E-state index in [1.165, 1.54) is 6.92 Å². The molecule has 0 N–H and O–H groups in total. The maximum absolute atomic E-state index is 11.5. The van der Waals surface area contributed by atoms with Crippen LogP contribution in [-0.4, -0.2) is 41.8 Å². The molecule has 0 aromatic heterocycles. The van der Waals surface area contributed by atoms with E-state index in [4.69, 9.17) is 18.9 Å². The van der Waals surface area contributed by atoms with Gasteiger partial charge in [-0.05, 0) is 40.7 Å². The zero-order valence-electron chi connectivity index (χ0n) is 13.1. The monoisotopic (exact) mass is 284 g/mol. The third kappa shape index (κ3) is 3.22. The second kappa shape index (κ2) is 4.83. The maximum atomic E-state index is 11.5. The van der Waals surface area contributed by atoms with Crippen molar-refractivity contribution >= 4 is 5.97 Å². The molecule has 0 radical (unpaired) electrons. The standard InChI is InChI=1S/C15H24O5/c1-10(16)18-15(9-17-13(2,3)4)8-7-11-12(15)20-14(5,6)19-11/h7-8,11-12H,9H2,1-6H3/t11-,12-,15-/m1/s1. The molecule has 0 saturated carbocycles. The molecule has 5 heteroatoms. The highest BCUT2D eigenvalue weighted by Crippen LogP contribution is 2.42. The van der Waals surface area contributed by atoms with Crippen LogP contribution in [0.1, 0.15) is 41.5 Å². The Morgan fingerprint density at radius 2 is 1.95 bits per heavy atom. The molecule has 1 saturated heterocycles. The zero-order chi connectivity index (χ0) is 15.2. The molecule has 1 heterocycles. The predicted molar refractivity (Wildman–Crippen MR) is 73.2 cm³/mol. The molecule has 2 aliphatic rings. The van der Waals surface area contributed by atoms with Gasteiger partial charge in [0.1, 0.15) is 12.2 Å². The minimum Gasteiger partial charge on any atom is -0.450 e. The summed E-state index contributed by atoms with van der Waals surface area (Å²) in [5.41, 5.74) is -1.24. The molecule has 0 unspecified atom stereocenters. The van der Waals surface area contributed by atoms with Crippen LogP contribution in [-0.2, 0) is 23.7 Å². The van der Waals surface area contributed by atoms with Gasteiger partial charge in [-0.2, -0.15) is 0 Å². The van der Waals surface area contributed by atoms with Crippen LogP contribution in [0.25, 0.3) is 0 Å². The summed E-state index contributed by atoms with van der Waals surface area (Å²) in [6, 6.07) is 0. The van der Waals surface area contributed by atoms with Gasteiger partial charge in [0, 0.05) is 6.92 Å². The zero-order valence-corrected chi connectivity index (χ0v) is 13.1. The third-order valence-electron chi connectivity index (χ3n) is 3.24. The topological polar surface area (TPSA) is 54.0 Å². The van der Waals surface area contributed by atoms with E-state index >= 15 is 0 Å². The van der Waals surface area contributed by atoms with Crippen molar-refractivity contribution in [2.24, 2.45) is 0 Å². The molecule has 20 heavy (non-hydrogen) atoms. The molecule has 5 nitrogen and oxygen atoms in total. The van der Waals surface area contributed by atoms with Crippen molar-refractivity contribution in [3.05, 3.63) is 12.2 Å². The maximum Gasteiger partial charge on any atom is 0.303 e. The van der Waals surface area contributed by atoms with E-state index in [-0.39, 0.29) is 30.4 Å². The van der Waals surface area contributed by atoms with Gasteiger partial charge in [0.25, 0.3) is 0 Å². The molecule has 2 rings (SSSR count). The molecule has 1 aliphatic heterocycles. The molecular weight excluding hydrogens is 260 g/mol. The Morgan fingerprint density at radius 1 is 1.30 bits per heavy atom. The first kappa shape index (κ1) is 15.5. The van der Waals surface area contributed by atoms with Crippen LogP contribution in [0.15, 0.2) is 12.2 Å². The highest BCUT2D eigenvalue weighted by atomic mass is 16.8. The van der Waals surface area contributed by atoms with Crippen molar-refractivity contribution in [3.63, 3.8) is 0 Å². The third-order valence-corrected chi connectivity index (χ3v) is 3.24. The summed E-state index contributed by atoms with van der Waals surface area (Å²) in [5.74, 6) is -1.05. The Labute approximate surface area is 120 Å². The van der Waals surface area contributed by atoms with Gasteiger partial charge >= 0.3 is 5.97 Å². The second-order valence-corrected chi connectivity index (χ2v) is 6.83. The number of hydrogen-bond donors (Lipinski definition) is 0. The van der Waals surface area contributed by atoms with Crippen LogP contribution in [0, 0.1) is 0 Å². The van der Waals surface area contributed by atoms with E-state index in [1.54, 1.807) is 0 Å². The normalized spacial score (nSPS) is 35.1. The molecule has 1 fully saturated rings. The highest BCUT2D eigenvalue weighted by molar-refractivity contribution is 5.67. The lowest BCUT2D eigenvalue weighted by molar-refractivity contribution is -0.197. The van der Waals surface area contributed by atoms with Gasteiger partial charge in [0.15, 0.2) is 11.4 Å². The van der Waals surface area contributed by atoms with Crippen LogP contribution in [0.4, 0.5) is 0 Å². The minimum atomic E-state index is -0.919. The SMILES string of the molecule is CC(=O)O[C@@]1(COC(C)(C)C)C=C[C@H]2OC(C)(C)O[C@H]21. The number of fused-ring (bicyclic) bond motifs is 1. The first-order chi connectivity index (χ1) is 9.03. The van der Waals surface area contributed by atoms with Crippen LogP contribution in [0.3, 0.4) is 0 Å². The fourth-order valence-electron chi connectivity index (χ4n) is 2.51. The molecule has 0 amide bonds. The first-order valence-electron chi connectivity index (χ1n) is 6.92. The van der Waals surface area contributed by atoms with Gasteiger partial charge in [0.05, 0.1) is 12.2 Å². The number of ether oxygens (including phenoxy) is 4. The number of hydrogen-bond acceptors (Lipinski definition) is 5. The van der Waals surface area contributed by atoms with Gasteiger partial charge in [-0.1, -0.05) is 6.08 Å². The first-order valence-corrected chi connectivity index (χ1v) is 6.92. The summed E-state index contributed by atoms with van der Waals surface area (Å²) in [4.78, 5) is 11.5. The Bertz CT molecular complexity index is 420. The van der Waals surface area contributed by atoms with Gasteiger partial charge in [-0.25, -0.2) is 0 Å². The van der Waals surface area contributed by atoms with E-state index in [2.05, 4.69) is 0 Å². The second-order valence-electron chi connectivity index (χ2n) is 6.83. The van der Waals surface area contributed by atoms with Crippen LogP contribution in [0.5, 0.6) is 0 Å². The van der Waals surface area contributed by atoms with E-state index < -0.39 is 11.4 Å². The van der Waals surface area contributed by atoms with E-state index in [0.717, 1.165) is 0 Å². The van der Waals surface area contributed by atoms with Crippen molar-refractivity contribution in [2.75, 3.05) is 6.61 Å². The summed E-state index contributed by atoms with van der Waals surface area (Å²) in [6.07, 6.45) is 3.12. The number of carbonyl (C=O) groups is 1. The lowest BCUT2D eigenvalue weighted by atomic mass is 9.99. The Balaban J connectivity index is 2.20. The van der Waals surface area contributed by atoms with Crippen molar-refractivity contribution in [1.29, 1.82) is 0 Å². The van der Waals surface area contributed by atoms with Gasteiger partial charge < -0.3 is 18.9 Å². The number of rotatable bonds is 3. The largest absolute Gasteiger partial charge is 0.450 e. The molecule has 0 aromatic carbocycles.